The second-order valence-corrected chi connectivity index (χ2v) is 6.20. The molecule has 0 atom stereocenters. The Labute approximate surface area is 127 Å². The van der Waals surface area contributed by atoms with Gasteiger partial charge in [-0.25, -0.2) is 0 Å². The molecule has 0 heterocycles. The lowest BCUT2D eigenvalue weighted by Crippen LogP contribution is -1.89. The van der Waals surface area contributed by atoms with Gasteiger partial charge in [-0.2, -0.15) is 0 Å². The summed E-state index contributed by atoms with van der Waals surface area (Å²) in [5.41, 5.74) is 2.71. The van der Waals surface area contributed by atoms with Crippen LogP contribution in [0.25, 0.3) is 55.2 Å². The van der Waals surface area contributed by atoms with Crippen molar-refractivity contribution in [2.24, 2.45) is 0 Å². The predicted octanol–water partition coefficient (Wildman–Crippen LogP) is 6.22. The smallest absolute Gasteiger partial charge is 0.000829 e. The molecule has 0 saturated carbocycles. The molecule has 1 aliphatic carbocycles. The lowest BCUT2D eigenvalue weighted by molar-refractivity contribution is 1.76. The average Bonchev–Trinajstić information content (AvgIpc) is 2.99. The fraction of sp³-hybridized carbons (Fsp3) is 0. The number of rotatable bonds is 0. The Kier molecular flexibility index (Phi) is 1.71. The lowest BCUT2D eigenvalue weighted by Gasteiger charge is -2.16. The van der Waals surface area contributed by atoms with Gasteiger partial charge in [0.2, 0.25) is 0 Å². The third kappa shape index (κ3) is 1.09. The molecule has 0 spiro atoms. The molecule has 5 aromatic carbocycles. The highest BCUT2D eigenvalue weighted by molar-refractivity contribution is 6.36. The molecule has 0 N–H and O–H groups in total. The van der Waals surface area contributed by atoms with E-state index in [-0.39, 0.29) is 0 Å². The standard InChI is InChI=1S/C22H12/c1-2-6-17-16(5-1)18-7-3-4-14-12-15-9-8-13-10-11-19(17)22(20(13)15)21(14)18/h1-12H. The highest BCUT2D eigenvalue weighted by atomic mass is 14.2. The molecule has 0 radical (unpaired) electrons. The van der Waals surface area contributed by atoms with Gasteiger partial charge in [0, 0.05) is 0 Å². The van der Waals surface area contributed by atoms with Crippen LogP contribution < -0.4 is 0 Å². The highest BCUT2D eigenvalue weighted by Gasteiger charge is 2.18. The van der Waals surface area contributed by atoms with Crippen LogP contribution >= 0.6 is 0 Å². The van der Waals surface area contributed by atoms with Crippen molar-refractivity contribution in [3.63, 3.8) is 0 Å². The first-order valence-electron chi connectivity index (χ1n) is 7.72. The summed E-state index contributed by atoms with van der Waals surface area (Å²) in [5, 5.41) is 11.1. The fourth-order valence-electron chi connectivity index (χ4n) is 4.25. The minimum atomic E-state index is 1.35. The molecule has 0 nitrogen and oxygen atoms in total. The van der Waals surface area contributed by atoms with Crippen LogP contribution in [0, 0.1) is 0 Å². The molecule has 0 saturated heterocycles. The van der Waals surface area contributed by atoms with Gasteiger partial charge in [0.05, 0.1) is 0 Å². The van der Waals surface area contributed by atoms with E-state index in [1.54, 1.807) is 0 Å². The zero-order valence-corrected chi connectivity index (χ0v) is 11.9. The van der Waals surface area contributed by atoms with Crippen molar-refractivity contribution in [2.45, 2.75) is 0 Å². The van der Waals surface area contributed by atoms with E-state index >= 15 is 0 Å². The molecule has 1 aliphatic rings. The number of fused-ring (bicyclic) bond motifs is 3. The normalized spacial score (nSPS) is 13.3. The molecule has 22 heavy (non-hydrogen) atoms. The van der Waals surface area contributed by atoms with Crippen LogP contribution in [-0.4, -0.2) is 0 Å². The van der Waals surface area contributed by atoms with E-state index in [1.165, 1.54) is 54.2 Å². The van der Waals surface area contributed by atoms with Crippen molar-refractivity contribution in [3.05, 3.63) is 71.8 Å². The molecular formula is C22H12. The molecule has 0 aliphatic heterocycles. The van der Waals surface area contributed by atoms with E-state index in [0.29, 0.717) is 0 Å². The minimum Gasteiger partial charge on any atom is -0.0616 e. The van der Waals surface area contributed by atoms with Gasteiger partial charge in [0.1, 0.15) is 0 Å². The summed E-state index contributed by atoms with van der Waals surface area (Å²) < 4.78 is 0. The van der Waals surface area contributed by atoms with Crippen LogP contribution in [0.1, 0.15) is 11.1 Å². The predicted molar refractivity (Wildman–Crippen MR) is 96.6 cm³/mol. The third-order valence-electron chi connectivity index (χ3n) is 5.13. The van der Waals surface area contributed by atoms with Gasteiger partial charge in [-0.15, -0.1) is 0 Å². The van der Waals surface area contributed by atoms with Crippen LogP contribution in [0.4, 0.5) is 0 Å². The highest BCUT2D eigenvalue weighted by Crippen LogP contribution is 2.45. The molecular weight excluding hydrogens is 264 g/mol. The number of benzene rings is 5. The van der Waals surface area contributed by atoms with Gasteiger partial charge in [0.25, 0.3) is 0 Å². The maximum atomic E-state index is 2.34. The van der Waals surface area contributed by atoms with Gasteiger partial charge in [-0.05, 0) is 60.3 Å². The van der Waals surface area contributed by atoms with E-state index in [9.17, 15) is 0 Å². The van der Waals surface area contributed by atoms with Crippen LogP contribution in [0.5, 0.6) is 0 Å². The molecule has 5 aromatic rings. The molecule has 0 fully saturated rings. The zero-order valence-electron chi connectivity index (χ0n) is 11.9. The van der Waals surface area contributed by atoms with Gasteiger partial charge in [-0.3, -0.25) is 0 Å². The molecule has 100 valence electrons. The molecule has 0 unspecified atom stereocenters. The summed E-state index contributed by atoms with van der Waals surface area (Å²) in [6.07, 6.45) is 4.49. The molecule has 0 amide bonds. The van der Waals surface area contributed by atoms with Crippen molar-refractivity contribution in [3.8, 4) is 0 Å². The van der Waals surface area contributed by atoms with E-state index in [0.717, 1.165) is 0 Å². The van der Waals surface area contributed by atoms with Crippen molar-refractivity contribution in [1.29, 1.82) is 0 Å². The van der Waals surface area contributed by atoms with Crippen LogP contribution in [-0.2, 0) is 0 Å². The van der Waals surface area contributed by atoms with Gasteiger partial charge in [-0.1, -0.05) is 66.7 Å². The fourth-order valence-corrected chi connectivity index (χ4v) is 4.25. The summed E-state index contributed by atoms with van der Waals surface area (Å²) >= 11 is 0. The maximum absolute atomic E-state index is 2.34. The number of hydrogen-bond donors (Lipinski definition) is 0. The van der Waals surface area contributed by atoms with Crippen molar-refractivity contribution in [1.82, 2.24) is 0 Å². The lowest BCUT2D eigenvalue weighted by atomic mass is 9.87. The second kappa shape index (κ2) is 3.48. The largest absolute Gasteiger partial charge is 0.0616 e. The van der Waals surface area contributed by atoms with Gasteiger partial charge < -0.3 is 0 Å². The third-order valence-corrected chi connectivity index (χ3v) is 5.13. The first kappa shape index (κ1) is 10.8. The Hall–Kier alpha value is -2.86. The van der Waals surface area contributed by atoms with Gasteiger partial charge >= 0.3 is 0 Å². The van der Waals surface area contributed by atoms with Crippen LogP contribution in [0.15, 0.2) is 60.7 Å². The second-order valence-electron chi connectivity index (χ2n) is 6.20. The Balaban J connectivity index is 2.14. The summed E-state index contributed by atoms with van der Waals surface area (Å²) in [5.74, 6) is 0. The summed E-state index contributed by atoms with van der Waals surface area (Å²) in [7, 11) is 0. The summed E-state index contributed by atoms with van der Waals surface area (Å²) in [4.78, 5) is 0. The Morgan fingerprint density at radius 2 is 1.18 bits per heavy atom. The first-order chi connectivity index (χ1) is 10.9. The Bertz CT molecular complexity index is 1260. The quantitative estimate of drug-likeness (QED) is 0.228. The van der Waals surface area contributed by atoms with E-state index in [2.05, 4.69) is 72.8 Å². The topological polar surface area (TPSA) is 0 Å². The maximum Gasteiger partial charge on any atom is -0.000829 e. The molecule has 6 rings (SSSR count). The van der Waals surface area contributed by atoms with Crippen molar-refractivity contribution >= 4 is 55.2 Å². The summed E-state index contributed by atoms with van der Waals surface area (Å²) in [6.45, 7) is 0. The van der Waals surface area contributed by atoms with Crippen molar-refractivity contribution in [2.75, 3.05) is 0 Å². The van der Waals surface area contributed by atoms with E-state index < -0.39 is 0 Å². The Morgan fingerprint density at radius 3 is 2.05 bits per heavy atom. The average molecular weight is 276 g/mol. The summed E-state index contributed by atoms with van der Waals surface area (Å²) in [6, 6.07) is 22.4. The van der Waals surface area contributed by atoms with E-state index in [1.807, 2.05) is 0 Å². The Morgan fingerprint density at radius 1 is 0.455 bits per heavy atom. The zero-order chi connectivity index (χ0) is 14.3. The monoisotopic (exact) mass is 276 g/mol. The van der Waals surface area contributed by atoms with Crippen molar-refractivity contribution < 1.29 is 0 Å². The van der Waals surface area contributed by atoms with Crippen LogP contribution in [0.2, 0.25) is 0 Å². The van der Waals surface area contributed by atoms with E-state index in [4.69, 9.17) is 0 Å². The molecule has 0 aromatic heterocycles. The minimum absolute atomic E-state index is 1.35. The first-order valence-corrected chi connectivity index (χ1v) is 7.72. The SMILES string of the molecule is C1=Cc2cc3cccc4c5ccccc5c5ccc1c2c5c34. The van der Waals surface area contributed by atoms with Gasteiger partial charge in [0.15, 0.2) is 0 Å². The molecule has 0 bridgehead atoms. The van der Waals surface area contributed by atoms with Crippen LogP contribution in [0.3, 0.4) is 0 Å². The number of hydrogen-bond acceptors (Lipinski definition) is 0. The molecule has 0 heteroatoms.